The molecular formula is C19H15F2N5O5. The molecule has 0 unspecified atom stereocenters. The van der Waals surface area contributed by atoms with Crippen molar-refractivity contribution < 1.29 is 23.4 Å². The zero-order valence-electron chi connectivity index (χ0n) is 16.3. The highest BCUT2D eigenvalue weighted by molar-refractivity contribution is 6.06. The van der Waals surface area contributed by atoms with Crippen molar-refractivity contribution in [3.8, 4) is 0 Å². The lowest BCUT2D eigenvalue weighted by Crippen LogP contribution is -2.19. The molecule has 1 amide bonds. The molecule has 0 aliphatic rings. The number of amides is 1. The Morgan fingerprint density at radius 2 is 1.84 bits per heavy atom. The number of nitrogens with zero attached hydrogens (tertiary/aromatic N) is 4. The summed E-state index contributed by atoms with van der Waals surface area (Å²) in [7, 11) is 0. The quantitative estimate of drug-likeness (QED) is 0.465. The zero-order valence-corrected chi connectivity index (χ0v) is 16.3. The molecule has 1 heterocycles. The molecule has 10 nitrogen and oxygen atoms in total. The molecule has 0 aliphatic heterocycles. The predicted octanol–water partition coefficient (Wildman–Crippen LogP) is 3.90. The number of nitro groups is 2. The SMILES string of the molecule is Cc1cnn(Cc2cc(F)ccc2F)c1NC(=O)c1cc([N+](=O)[O-])cc([N+](=O)[O-])c1C. The molecule has 0 fully saturated rings. The van der Waals surface area contributed by atoms with Gasteiger partial charge >= 0.3 is 0 Å². The van der Waals surface area contributed by atoms with Crippen molar-refractivity contribution in [3.05, 3.63) is 90.6 Å². The first-order valence-electron chi connectivity index (χ1n) is 8.79. The summed E-state index contributed by atoms with van der Waals surface area (Å²) in [6, 6.07) is 4.62. The van der Waals surface area contributed by atoms with Crippen molar-refractivity contribution in [2.75, 3.05) is 5.32 Å². The van der Waals surface area contributed by atoms with Crippen molar-refractivity contribution >= 4 is 23.1 Å². The van der Waals surface area contributed by atoms with Crippen LogP contribution < -0.4 is 5.32 Å². The van der Waals surface area contributed by atoms with Crippen LogP contribution in [-0.2, 0) is 6.54 Å². The van der Waals surface area contributed by atoms with Crippen LogP contribution in [0.1, 0.15) is 27.0 Å². The lowest BCUT2D eigenvalue weighted by atomic mass is 10.0. The Labute approximate surface area is 173 Å². The highest BCUT2D eigenvalue weighted by Gasteiger charge is 2.25. The Bertz CT molecular complexity index is 1220. The van der Waals surface area contributed by atoms with E-state index in [0.717, 1.165) is 30.3 Å². The number of rotatable bonds is 6. The van der Waals surface area contributed by atoms with Crippen LogP contribution in [0, 0.1) is 45.7 Å². The van der Waals surface area contributed by atoms with E-state index < -0.39 is 38.8 Å². The van der Waals surface area contributed by atoms with Crippen LogP contribution in [0.25, 0.3) is 0 Å². The van der Waals surface area contributed by atoms with Crippen molar-refractivity contribution in [1.29, 1.82) is 0 Å². The summed E-state index contributed by atoms with van der Waals surface area (Å²) in [6.45, 7) is 2.69. The molecule has 0 aliphatic carbocycles. The van der Waals surface area contributed by atoms with E-state index in [1.165, 1.54) is 17.8 Å². The van der Waals surface area contributed by atoms with E-state index in [4.69, 9.17) is 0 Å². The number of nitrogens with one attached hydrogen (secondary N) is 1. The minimum atomic E-state index is -0.853. The van der Waals surface area contributed by atoms with Gasteiger partial charge in [0.05, 0.1) is 34.2 Å². The first-order valence-corrected chi connectivity index (χ1v) is 8.79. The minimum Gasteiger partial charge on any atom is -0.307 e. The third kappa shape index (κ3) is 4.37. The molecule has 0 spiro atoms. The number of anilines is 1. The van der Waals surface area contributed by atoms with Gasteiger partial charge in [0.25, 0.3) is 17.3 Å². The van der Waals surface area contributed by atoms with Crippen LogP contribution in [0.5, 0.6) is 0 Å². The molecule has 1 aromatic heterocycles. The second-order valence-corrected chi connectivity index (χ2v) is 6.68. The number of aryl methyl sites for hydroxylation is 1. The second kappa shape index (κ2) is 8.26. The molecule has 12 heteroatoms. The van der Waals surface area contributed by atoms with Crippen molar-refractivity contribution in [2.24, 2.45) is 0 Å². The lowest BCUT2D eigenvalue weighted by Gasteiger charge is -2.12. The fraction of sp³-hybridized carbons (Fsp3) is 0.158. The van der Waals surface area contributed by atoms with Gasteiger partial charge in [-0.1, -0.05) is 0 Å². The van der Waals surface area contributed by atoms with E-state index in [2.05, 4.69) is 10.4 Å². The molecule has 0 bridgehead atoms. The monoisotopic (exact) mass is 431 g/mol. The van der Waals surface area contributed by atoms with Gasteiger partial charge in [-0.15, -0.1) is 0 Å². The van der Waals surface area contributed by atoms with Crippen LogP contribution in [0.4, 0.5) is 26.0 Å². The van der Waals surface area contributed by atoms with Gasteiger partial charge in [-0.25, -0.2) is 13.5 Å². The Morgan fingerprint density at radius 3 is 2.48 bits per heavy atom. The molecule has 3 rings (SSSR count). The largest absolute Gasteiger partial charge is 0.307 e. The number of benzene rings is 2. The predicted molar refractivity (Wildman–Crippen MR) is 105 cm³/mol. The van der Waals surface area contributed by atoms with Crippen molar-refractivity contribution in [1.82, 2.24) is 9.78 Å². The molecule has 0 saturated carbocycles. The average molecular weight is 431 g/mol. The van der Waals surface area contributed by atoms with E-state index in [1.54, 1.807) is 6.92 Å². The number of hydrogen-bond acceptors (Lipinski definition) is 6. The van der Waals surface area contributed by atoms with E-state index in [1.807, 2.05) is 0 Å². The van der Waals surface area contributed by atoms with E-state index >= 15 is 0 Å². The van der Waals surface area contributed by atoms with Gasteiger partial charge < -0.3 is 5.32 Å². The fourth-order valence-corrected chi connectivity index (χ4v) is 2.98. The molecule has 0 saturated heterocycles. The maximum Gasteiger partial charge on any atom is 0.279 e. The van der Waals surface area contributed by atoms with Crippen molar-refractivity contribution in [3.63, 3.8) is 0 Å². The van der Waals surface area contributed by atoms with Crippen LogP contribution in [-0.4, -0.2) is 25.5 Å². The first-order chi connectivity index (χ1) is 14.6. The third-order valence-corrected chi connectivity index (χ3v) is 4.60. The van der Waals surface area contributed by atoms with Crippen LogP contribution >= 0.6 is 0 Å². The van der Waals surface area contributed by atoms with E-state index in [9.17, 15) is 33.8 Å². The van der Waals surface area contributed by atoms with Crippen LogP contribution in [0.15, 0.2) is 36.5 Å². The number of hydrogen-bond donors (Lipinski definition) is 1. The molecule has 0 atom stereocenters. The topological polar surface area (TPSA) is 133 Å². The zero-order chi connectivity index (χ0) is 22.9. The van der Waals surface area contributed by atoms with Gasteiger partial charge in [0.2, 0.25) is 0 Å². The summed E-state index contributed by atoms with van der Waals surface area (Å²) in [6.07, 6.45) is 1.38. The standard InChI is InChI=1S/C19H15F2N5O5/c1-10-8-22-24(9-12-5-13(20)3-4-16(12)21)18(10)23-19(27)15-6-14(25(28)29)7-17(11(15)2)26(30)31/h3-8H,9H2,1-2H3,(H,23,27). The van der Waals surface area contributed by atoms with E-state index in [0.29, 0.717) is 5.56 Å². The summed E-state index contributed by atoms with van der Waals surface area (Å²) in [5.41, 5.74) is -1.07. The van der Waals surface area contributed by atoms with Crippen LogP contribution in [0.3, 0.4) is 0 Å². The molecule has 31 heavy (non-hydrogen) atoms. The lowest BCUT2D eigenvalue weighted by molar-refractivity contribution is -0.394. The fourth-order valence-electron chi connectivity index (χ4n) is 2.98. The number of halogens is 2. The number of carbonyl (C=O) groups excluding carboxylic acids is 1. The highest BCUT2D eigenvalue weighted by Crippen LogP contribution is 2.29. The van der Waals surface area contributed by atoms with Gasteiger partial charge in [-0.2, -0.15) is 5.10 Å². The van der Waals surface area contributed by atoms with Gasteiger partial charge in [0, 0.05) is 22.8 Å². The molecule has 160 valence electrons. The minimum absolute atomic E-state index is 0.0132. The summed E-state index contributed by atoms with van der Waals surface area (Å²) in [5, 5.41) is 28.9. The van der Waals surface area contributed by atoms with Crippen LogP contribution in [0.2, 0.25) is 0 Å². The highest BCUT2D eigenvalue weighted by atomic mass is 19.1. The number of carbonyl (C=O) groups is 1. The molecule has 2 aromatic carbocycles. The molecular weight excluding hydrogens is 416 g/mol. The van der Waals surface area contributed by atoms with Gasteiger partial charge in [-0.05, 0) is 32.0 Å². The molecule has 3 aromatic rings. The maximum absolute atomic E-state index is 14.0. The second-order valence-electron chi connectivity index (χ2n) is 6.68. The molecule has 1 N–H and O–H groups in total. The Morgan fingerprint density at radius 1 is 1.13 bits per heavy atom. The number of aromatic nitrogens is 2. The Kier molecular flexibility index (Phi) is 5.72. The average Bonchev–Trinajstić information content (AvgIpc) is 3.03. The summed E-state index contributed by atoms with van der Waals surface area (Å²) in [5.74, 6) is -2.04. The first kappa shape index (κ1) is 21.5. The van der Waals surface area contributed by atoms with Gasteiger partial charge in [-0.3, -0.25) is 25.0 Å². The maximum atomic E-state index is 14.0. The van der Waals surface area contributed by atoms with Gasteiger partial charge in [0.1, 0.15) is 17.5 Å². The number of non-ortho nitro benzene ring substituents is 1. The smallest absolute Gasteiger partial charge is 0.279 e. The number of nitro benzene ring substituents is 2. The van der Waals surface area contributed by atoms with Crippen molar-refractivity contribution in [2.45, 2.75) is 20.4 Å². The Hall–Kier alpha value is -4.22. The van der Waals surface area contributed by atoms with Gasteiger partial charge in [0.15, 0.2) is 0 Å². The summed E-state index contributed by atoms with van der Waals surface area (Å²) in [4.78, 5) is 33.5. The molecule has 0 radical (unpaired) electrons. The summed E-state index contributed by atoms with van der Waals surface area (Å²) >= 11 is 0. The van der Waals surface area contributed by atoms with E-state index in [-0.39, 0.29) is 29.1 Å². The normalized spacial score (nSPS) is 10.7. The summed E-state index contributed by atoms with van der Waals surface area (Å²) < 4.78 is 28.7. The Balaban J connectivity index is 1.98. The third-order valence-electron chi connectivity index (χ3n) is 4.60.